The molecule has 1 aromatic heterocycles. The fourth-order valence-corrected chi connectivity index (χ4v) is 3.03. The second-order valence-corrected chi connectivity index (χ2v) is 6.02. The number of allylic oxidation sites excluding steroid dienone is 1. The highest BCUT2D eigenvalue weighted by atomic mass is 35.5. The van der Waals surface area contributed by atoms with Crippen LogP contribution in [0.1, 0.15) is 18.7 Å². The van der Waals surface area contributed by atoms with Crippen molar-refractivity contribution < 1.29 is 23.5 Å². The highest BCUT2D eigenvalue weighted by molar-refractivity contribution is 6.32. The molecule has 2 heterocycles. The van der Waals surface area contributed by atoms with E-state index in [1.165, 1.54) is 14.2 Å². The van der Waals surface area contributed by atoms with E-state index >= 15 is 0 Å². The third kappa shape index (κ3) is 3.25. The second kappa shape index (κ2) is 7.13. The van der Waals surface area contributed by atoms with Gasteiger partial charge in [-0.15, -0.1) is 0 Å². The molecule has 3 rings (SSSR count). The van der Waals surface area contributed by atoms with Crippen LogP contribution in [0.2, 0.25) is 5.02 Å². The summed E-state index contributed by atoms with van der Waals surface area (Å²) in [4.78, 5) is 23.9. The van der Waals surface area contributed by atoms with Crippen LogP contribution in [0, 0.1) is 0 Å². The molecule has 0 fully saturated rings. The van der Waals surface area contributed by atoms with E-state index in [2.05, 4.69) is 10.6 Å². The summed E-state index contributed by atoms with van der Waals surface area (Å²) >= 11 is 6.16. The number of furan rings is 1. The first kappa shape index (κ1) is 17.9. The average Bonchev–Trinajstić information content (AvgIpc) is 3.10. The minimum atomic E-state index is -0.751. The van der Waals surface area contributed by atoms with Gasteiger partial charge in [0, 0.05) is 11.3 Å². The summed E-state index contributed by atoms with van der Waals surface area (Å²) in [6.45, 7) is 1.63. The van der Waals surface area contributed by atoms with E-state index in [0.29, 0.717) is 28.0 Å². The van der Waals surface area contributed by atoms with Gasteiger partial charge in [-0.05, 0) is 37.3 Å². The summed E-state index contributed by atoms with van der Waals surface area (Å²) in [6.07, 6.45) is 0. The lowest BCUT2D eigenvalue weighted by Crippen LogP contribution is -2.45. The first-order valence-electron chi connectivity index (χ1n) is 7.74. The summed E-state index contributed by atoms with van der Waals surface area (Å²) in [6, 6.07) is 7.51. The number of ether oxygens (including phenoxy) is 2. The molecule has 0 saturated carbocycles. The smallest absolute Gasteiger partial charge is 0.338 e. The van der Waals surface area contributed by atoms with Crippen LogP contribution in [0.3, 0.4) is 0 Å². The molecule has 1 aromatic carbocycles. The van der Waals surface area contributed by atoms with Crippen LogP contribution in [0.25, 0.3) is 11.3 Å². The lowest BCUT2D eigenvalue weighted by atomic mass is 10.0. The molecular formula is C18H17ClN2O5. The minimum absolute atomic E-state index is 0.278. The van der Waals surface area contributed by atoms with Crippen LogP contribution in [-0.4, -0.2) is 26.2 Å². The normalized spacial score (nSPS) is 16.8. The SMILES string of the molecule is COC(=O)C1=C(C)NC(=O)N[C@@H]1c1ccc(-c2ccc(OC)c(Cl)c2)o1. The third-order valence-corrected chi connectivity index (χ3v) is 4.32. The first-order chi connectivity index (χ1) is 12.4. The molecule has 1 aliphatic rings. The van der Waals surface area contributed by atoms with Gasteiger partial charge in [0.05, 0.1) is 24.8 Å². The number of esters is 1. The Labute approximate surface area is 154 Å². The summed E-state index contributed by atoms with van der Waals surface area (Å²) in [5, 5.41) is 5.68. The van der Waals surface area contributed by atoms with Gasteiger partial charge < -0.3 is 24.5 Å². The van der Waals surface area contributed by atoms with Gasteiger partial charge in [0.2, 0.25) is 0 Å². The average molecular weight is 377 g/mol. The molecule has 2 aromatic rings. The number of benzene rings is 1. The molecule has 2 amide bonds. The van der Waals surface area contributed by atoms with Crippen molar-refractivity contribution in [1.29, 1.82) is 0 Å². The molecule has 0 aliphatic carbocycles. The Bertz CT molecular complexity index is 903. The Morgan fingerprint density at radius 3 is 2.65 bits per heavy atom. The molecular weight excluding hydrogens is 360 g/mol. The zero-order valence-electron chi connectivity index (χ0n) is 14.4. The number of hydrogen-bond donors (Lipinski definition) is 2. The minimum Gasteiger partial charge on any atom is -0.495 e. The quantitative estimate of drug-likeness (QED) is 0.798. The van der Waals surface area contributed by atoms with Gasteiger partial charge in [-0.1, -0.05) is 11.6 Å². The summed E-state index contributed by atoms with van der Waals surface area (Å²) < 4.78 is 15.8. The van der Waals surface area contributed by atoms with E-state index in [-0.39, 0.29) is 5.57 Å². The Hall–Kier alpha value is -2.93. The van der Waals surface area contributed by atoms with E-state index in [4.69, 9.17) is 25.5 Å². The number of rotatable bonds is 4. The molecule has 0 saturated heterocycles. The van der Waals surface area contributed by atoms with Crippen LogP contribution in [0.5, 0.6) is 5.75 Å². The van der Waals surface area contributed by atoms with Crippen LogP contribution in [0.4, 0.5) is 4.79 Å². The fraction of sp³-hybridized carbons (Fsp3) is 0.222. The van der Waals surface area contributed by atoms with E-state index in [9.17, 15) is 9.59 Å². The number of hydrogen-bond acceptors (Lipinski definition) is 5. The predicted molar refractivity (Wildman–Crippen MR) is 94.8 cm³/mol. The van der Waals surface area contributed by atoms with Crippen molar-refractivity contribution in [2.24, 2.45) is 0 Å². The van der Waals surface area contributed by atoms with Crippen molar-refractivity contribution >= 4 is 23.6 Å². The molecule has 0 spiro atoms. The number of methoxy groups -OCH3 is 2. The maximum atomic E-state index is 12.1. The number of carbonyl (C=O) groups excluding carboxylic acids is 2. The zero-order chi connectivity index (χ0) is 18.8. The molecule has 26 heavy (non-hydrogen) atoms. The Balaban J connectivity index is 1.98. The van der Waals surface area contributed by atoms with E-state index in [0.717, 1.165) is 5.56 Å². The van der Waals surface area contributed by atoms with Crippen LogP contribution in [0.15, 0.2) is 46.0 Å². The largest absolute Gasteiger partial charge is 0.495 e. The van der Waals surface area contributed by atoms with E-state index < -0.39 is 18.0 Å². The summed E-state index contributed by atoms with van der Waals surface area (Å²) in [5.41, 5.74) is 1.43. The molecule has 0 bridgehead atoms. The van der Waals surface area contributed by atoms with Crippen molar-refractivity contribution in [2.75, 3.05) is 14.2 Å². The van der Waals surface area contributed by atoms with Crippen molar-refractivity contribution in [2.45, 2.75) is 13.0 Å². The molecule has 7 nitrogen and oxygen atoms in total. The van der Waals surface area contributed by atoms with Gasteiger partial charge in [-0.25, -0.2) is 9.59 Å². The molecule has 136 valence electrons. The van der Waals surface area contributed by atoms with Crippen molar-refractivity contribution in [1.82, 2.24) is 10.6 Å². The van der Waals surface area contributed by atoms with Gasteiger partial charge >= 0.3 is 12.0 Å². The predicted octanol–water partition coefficient (Wildman–Crippen LogP) is 3.41. The van der Waals surface area contributed by atoms with Gasteiger partial charge in [0.25, 0.3) is 0 Å². The standard InChI is InChI=1S/C18H17ClN2O5/c1-9-15(17(22)25-3)16(21-18(23)20-9)14-7-6-12(26-14)10-4-5-13(24-2)11(19)8-10/h4-8,16H,1-3H3,(H2,20,21,23)/t16-/m1/s1. The fourth-order valence-electron chi connectivity index (χ4n) is 2.77. The topological polar surface area (TPSA) is 89.8 Å². The number of amides is 2. The van der Waals surface area contributed by atoms with E-state index in [1.54, 1.807) is 37.3 Å². The second-order valence-electron chi connectivity index (χ2n) is 5.61. The first-order valence-corrected chi connectivity index (χ1v) is 8.12. The van der Waals surface area contributed by atoms with Gasteiger partial charge in [0.1, 0.15) is 23.3 Å². The summed E-state index contributed by atoms with van der Waals surface area (Å²) in [7, 11) is 2.82. The highest BCUT2D eigenvalue weighted by Gasteiger charge is 2.34. The molecule has 8 heteroatoms. The summed E-state index contributed by atoms with van der Waals surface area (Å²) in [5.74, 6) is 0.950. The molecule has 1 aliphatic heterocycles. The Kier molecular flexibility index (Phi) is 4.90. The number of carbonyl (C=O) groups is 2. The van der Waals surface area contributed by atoms with Crippen molar-refractivity contribution in [3.8, 4) is 17.1 Å². The maximum Gasteiger partial charge on any atom is 0.338 e. The number of nitrogens with one attached hydrogen (secondary N) is 2. The Morgan fingerprint density at radius 1 is 1.23 bits per heavy atom. The Morgan fingerprint density at radius 2 is 2.00 bits per heavy atom. The van der Waals surface area contributed by atoms with Crippen LogP contribution >= 0.6 is 11.6 Å². The van der Waals surface area contributed by atoms with Gasteiger partial charge in [-0.3, -0.25) is 0 Å². The lowest BCUT2D eigenvalue weighted by Gasteiger charge is -2.26. The lowest BCUT2D eigenvalue weighted by molar-refractivity contribution is -0.136. The molecule has 0 unspecified atom stereocenters. The van der Waals surface area contributed by atoms with Crippen molar-refractivity contribution in [3.63, 3.8) is 0 Å². The van der Waals surface area contributed by atoms with Crippen LogP contribution in [-0.2, 0) is 9.53 Å². The highest BCUT2D eigenvalue weighted by Crippen LogP contribution is 2.34. The molecule has 1 atom stereocenters. The monoisotopic (exact) mass is 376 g/mol. The van der Waals surface area contributed by atoms with E-state index in [1.807, 2.05) is 0 Å². The zero-order valence-corrected chi connectivity index (χ0v) is 15.1. The van der Waals surface area contributed by atoms with Crippen molar-refractivity contribution in [3.05, 3.63) is 52.4 Å². The maximum absolute atomic E-state index is 12.1. The molecule has 2 N–H and O–H groups in total. The van der Waals surface area contributed by atoms with Gasteiger partial charge in [0.15, 0.2) is 0 Å². The third-order valence-electron chi connectivity index (χ3n) is 4.02. The number of urea groups is 1. The number of halogens is 1. The molecule has 0 radical (unpaired) electrons. The van der Waals surface area contributed by atoms with Crippen LogP contribution < -0.4 is 15.4 Å². The van der Waals surface area contributed by atoms with Gasteiger partial charge in [-0.2, -0.15) is 0 Å².